The lowest BCUT2D eigenvalue weighted by atomic mass is 10.1. The molecule has 0 radical (unpaired) electrons. The third kappa shape index (κ3) is 7.51. The Bertz CT molecular complexity index is 1110. The molecule has 0 aliphatic carbocycles. The van der Waals surface area contributed by atoms with E-state index in [9.17, 15) is 18.0 Å². The van der Waals surface area contributed by atoms with Gasteiger partial charge in [-0.3, -0.25) is 13.9 Å². The minimum Gasteiger partial charge on any atom is -0.497 e. The van der Waals surface area contributed by atoms with Crippen LogP contribution in [0.5, 0.6) is 5.75 Å². The quantitative estimate of drug-likeness (QED) is 0.478. The van der Waals surface area contributed by atoms with E-state index in [-0.39, 0.29) is 37.7 Å². The minimum absolute atomic E-state index is 0.0364. The Hall–Kier alpha value is -2.49. The molecule has 8 nitrogen and oxygen atoms in total. The van der Waals surface area contributed by atoms with Crippen LogP contribution < -0.4 is 14.4 Å². The molecule has 0 heterocycles. The third-order valence-corrected chi connectivity index (χ3v) is 7.06. The molecular weight excluding hydrogens is 501 g/mol. The van der Waals surface area contributed by atoms with E-state index >= 15 is 0 Å². The molecule has 186 valence electrons. The van der Waals surface area contributed by atoms with Crippen molar-refractivity contribution >= 4 is 50.7 Å². The van der Waals surface area contributed by atoms with Crippen molar-refractivity contribution in [2.24, 2.45) is 0 Å². The molecule has 0 aliphatic heterocycles. The fraction of sp³-hybridized carbons (Fsp3) is 0.391. The Morgan fingerprint density at radius 2 is 1.76 bits per heavy atom. The number of methoxy groups -OCH3 is 1. The second-order valence-corrected chi connectivity index (χ2v) is 10.4. The number of hydrogen-bond donors (Lipinski definition) is 1. The van der Waals surface area contributed by atoms with Gasteiger partial charge in [0.15, 0.2) is 0 Å². The van der Waals surface area contributed by atoms with E-state index in [1.807, 2.05) is 0 Å². The van der Waals surface area contributed by atoms with Crippen molar-refractivity contribution in [2.75, 3.05) is 31.3 Å². The first-order valence-electron chi connectivity index (χ1n) is 10.5. The molecule has 0 saturated heterocycles. The summed E-state index contributed by atoms with van der Waals surface area (Å²) in [5.41, 5.74) is 1.12. The molecule has 34 heavy (non-hydrogen) atoms. The molecule has 1 N–H and O–H groups in total. The average molecular weight is 530 g/mol. The second kappa shape index (κ2) is 12.3. The number of hydrogen-bond acceptors (Lipinski definition) is 5. The molecule has 0 aromatic heterocycles. The highest BCUT2D eigenvalue weighted by Gasteiger charge is 2.26. The first-order chi connectivity index (χ1) is 16.0. The number of halogens is 2. The summed E-state index contributed by atoms with van der Waals surface area (Å²) in [5, 5.41) is 3.40. The number of amides is 2. The summed E-state index contributed by atoms with van der Waals surface area (Å²) >= 11 is 12.2. The Balaban J connectivity index is 2.16. The normalized spacial score (nSPS) is 12.1. The number of carbonyl (C=O) groups excluding carboxylic acids is 2. The van der Waals surface area contributed by atoms with Crippen molar-refractivity contribution in [3.63, 3.8) is 0 Å². The summed E-state index contributed by atoms with van der Waals surface area (Å²) in [6.45, 7) is 1.83. The monoisotopic (exact) mass is 529 g/mol. The topological polar surface area (TPSA) is 96.0 Å². The van der Waals surface area contributed by atoms with E-state index < -0.39 is 16.1 Å². The summed E-state index contributed by atoms with van der Waals surface area (Å²) < 4.78 is 31.1. The van der Waals surface area contributed by atoms with Crippen LogP contribution in [0.15, 0.2) is 42.5 Å². The first kappa shape index (κ1) is 27.8. The fourth-order valence-corrected chi connectivity index (χ4v) is 4.81. The van der Waals surface area contributed by atoms with E-state index in [2.05, 4.69) is 5.32 Å². The van der Waals surface area contributed by atoms with Crippen LogP contribution in [-0.4, -0.2) is 58.1 Å². The highest BCUT2D eigenvalue weighted by Crippen LogP contribution is 2.25. The van der Waals surface area contributed by atoms with Crippen molar-refractivity contribution in [3.8, 4) is 5.75 Å². The zero-order valence-electron chi connectivity index (χ0n) is 19.5. The summed E-state index contributed by atoms with van der Waals surface area (Å²) in [6, 6.07) is 10.8. The van der Waals surface area contributed by atoms with Crippen LogP contribution in [-0.2, 0) is 26.2 Å². The zero-order chi connectivity index (χ0) is 25.5. The van der Waals surface area contributed by atoms with E-state index in [1.165, 1.54) is 23.4 Å². The van der Waals surface area contributed by atoms with Gasteiger partial charge in [0.05, 0.1) is 19.1 Å². The van der Waals surface area contributed by atoms with Crippen molar-refractivity contribution in [2.45, 2.75) is 32.4 Å². The number of benzene rings is 2. The first-order valence-corrected chi connectivity index (χ1v) is 13.1. The van der Waals surface area contributed by atoms with Gasteiger partial charge in [-0.25, -0.2) is 8.42 Å². The van der Waals surface area contributed by atoms with Crippen molar-refractivity contribution in [1.82, 2.24) is 10.2 Å². The maximum absolute atomic E-state index is 13.1. The number of carbonyl (C=O) groups is 2. The van der Waals surface area contributed by atoms with Crippen LogP contribution in [0.3, 0.4) is 0 Å². The molecule has 2 aromatic rings. The zero-order valence-corrected chi connectivity index (χ0v) is 21.9. The summed E-state index contributed by atoms with van der Waals surface area (Å²) in [7, 11) is -0.553. The summed E-state index contributed by atoms with van der Waals surface area (Å²) in [4.78, 5) is 26.8. The van der Waals surface area contributed by atoms with Crippen LogP contribution in [0, 0.1) is 0 Å². The summed E-state index contributed by atoms with van der Waals surface area (Å²) in [5.74, 6) is -0.0215. The number of nitrogens with zero attached hydrogens (tertiary/aromatic N) is 2. The fourth-order valence-electron chi connectivity index (χ4n) is 3.38. The number of anilines is 1. The van der Waals surface area contributed by atoms with Gasteiger partial charge in [0, 0.05) is 36.6 Å². The predicted molar refractivity (Wildman–Crippen MR) is 135 cm³/mol. The maximum Gasteiger partial charge on any atom is 0.242 e. The van der Waals surface area contributed by atoms with E-state index in [0.29, 0.717) is 27.0 Å². The number of sulfonamides is 1. The molecule has 2 aromatic carbocycles. The highest BCUT2D eigenvalue weighted by molar-refractivity contribution is 7.92. The Morgan fingerprint density at radius 1 is 1.12 bits per heavy atom. The van der Waals surface area contributed by atoms with Gasteiger partial charge in [-0.1, -0.05) is 29.3 Å². The molecule has 0 aliphatic rings. The van der Waals surface area contributed by atoms with Crippen LogP contribution in [0.1, 0.15) is 25.3 Å². The molecule has 1 atom stereocenters. The standard InChI is InChI=1S/C23H29Cl2N3O5S/c1-16(23(30)26-2)27(15-17-7-8-18(24)14-21(17)25)22(29)6-5-13-28(34(4,31)32)19-9-11-20(33-3)12-10-19/h7-12,14,16H,5-6,13,15H2,1-4H3,(H,26,30)/t16-/m1/s1. The van der Waals surface area contributed by atoms with Crippen LogP contribution in [0.25, 0.3) is 0 Å². The van der Waals surface area contributed by atoms with Gasteiger partial charge < -0.3 is 15.0 Å². The molecule has 0 bridgehead atoms. The van der Waals surface area contributed by atoms with Crippen LogP contribution in [0.2, 0.25) is 10.0 Å². The molecule has 2 amide bonds. The van der Waals surface area contributed by atoms with E-state index in [0.717, 1.165) is 6.26 Å². The number of nitrogens with one attached hydrogen (secondary N) is 1. The molecule has 0 saturated carbocycles. The summed E-state index contributed by atoms with van der Waals surface area (Å²) in [6.07, 6.45) is 1.40. The second-order valence-electron chi connectivity index (χ2n) is 7.68. The highest BCUT2D eigenvalue weighted by atomic mass is 35.5. The number of likely N-dealkylation sites (N-methyl/N-ethyl adjacent to an activating group) is 1. The Labute approximate surface area is 210 Å². The smallest absolute Gasteiger partial charge is 0.242 e. The van der Waals surface area contributed by atoms with Gasteiger partial charge >= 0.3 is 0 Å². The van der Waals surface area contributed by atoms with Gasteiger partial charge in [0.25, 0.3) is 0 Å². The Morgan fingerprint density at radius 3 is 2.29 bits per heavy atom. The van der Waals surface area contributed by atoms with Crippen molar-refractivity contribution in [1.29, 1.82) is 0 Å². The largest absolute Gasteiger partial charge is 0.497 e. The van der Waals surface area contributed by atoms with Crippen LogP contribution >= 0.6 is 23.2 Å². The molecule has 0 spiro atoms. The lowest BCUT2D eigenvalue weighted by molar-refractivity contribution is -0.140. The lowest BCUT2D eigenvalue weighted by Gasteiger charge is -2.29. The Kier molecular flexibility index (Phi) is 10.0. The van der Waals surface area contributed by atoms with Gasteiger partial charge in [0.1, 0.15) is 11.8 Å². The van der Waals surface area contributed by atoms with Crippen molar-refractivity contribution < 1.29 is 22.7 Å². The average Bonchev–Trinajstić information content (AvgIpc) is 2.79. The van der Waals surface area contributed by atoms with Gasteiger partial charge in [-0.15, -0.1) is 0 Å². The maximum atomic E-state index is 13.1. The van der Waals surface area contributed by atoms with Gasteiger partial charge in [0.2, 0.25) is 21.8 Å². The van der Waals surface area contributed by atoms with E-state index in [1.54, 1.807) is 49.4 Å². The minimum atomic E-state index is -3.57. The number of rotatable bonds is 11. The van der Waals surface area contributed by atoms with Crippen molar-refractivity contribution in [3.05, 3.63) is 58.1 Å². The van der Waals surface area contributed by atoms with Crippen LogP contribution in [0.4, 0.5) is 5.69 Å². The number of ether oxygens (including phenoxy) is 1. The lowest BCUT2D eigenvalue weighted by Crippen LogP contribution is -2.46. The molecular formula is C23H29Cl2N3O5S. The van der Waals surface area contributed by atoms with Gasteiger partial charge in [-0.05, 0) is 55.3 Å². The SMILES string of the molecule is CNC(=O)[C@@H](C)N(Cc1ccc(Cl)cc1Cl)C(=O)CCCN(c1ccc(OC)cc1)S(C)(=O)=O. The van der Waals surface area contributed by atoms with E-state index in [4.69, 9.17) is 27.9 Å². The molecule has 11 heteroatoms. The third-order valence-electron chi connectivity index (χ3n) is 5.28. The van der Waals surface area contributed by atoms with Gasteiger partial charge in [-0.2, -0.15) is 0 Å². The molecule has 0 fully saturated rings. The molecule has 0 unspecified atom stereocenters. The molecule has 2 rings (SSSR count). The predicted octanol–water partition coefficient (Wildman–Crippen LogP) is 3.71.